The lowest BCUT2D eigenvalue weighted by atomic mass is 10.0. The van der Waals surface area contributed by atoms with Crippen molar-refractivity contribution >= 4 is 25.7 Å². The predicted octanol–water partition coefficient (Wildman–Crippen LogP) is 9.33. The van der Waals surface area contributed by atoms with Crippen LogP contribution in [-0.4, -0.2) is 64.9 Å². The van der Waals surface area contributed by atoms with Crippen LogP contribution in [0.5, 0.6) is 0 Å². The van der Waals surface area contributed by atoms with Crippen LogP contribution < -0.4 is 5.32 Å². The molecule has 0 spiro atoms. The minimum atomic E-state index is -4.75. The van der Waals surface area contributed by atoms with Crippen molar-refractivity contribution in [3.8, 4) is 0 Å². The number of carbonyl (C=O) groups excluding carboxylic acids is 2. The highest BCUT2D eigenvalue weighted by Crippen LogP contribution is 2.43. The van der Waals surface area contributed by atoms with Crippen molar-refractivity contribution in [1.29, 1.82) is 0 Å². The van der Waals surface area contributed by atoms with Crippen molar-refractivity contribution in [2.45, 2.75) is 193 Å². The van der Waals surface area contributed by atoms with Gasteiger partial charge in [0.15, 0.2) is 6.04 Å². The third-order valence-corrected chi connectivity index (χ3v) is 9.51. The van der Waals surface area contributed by atoms with E-state index in [1.54, 1.807) is 0 Å². The molecule has 1 amide bonds. The molecule has 11 nitrogen and oxygen atoms in total. The van der Waals surface area contributed by atoms with Gasteiger partial charge in [0.25, 0.3) is 0 Å². The Kier molecular flexibility index (Phi) is 33.1. The van der Waals surface area contributed by atoms with Gasteiger partial charge in [-0.1, -0.05) is 142 Å². The van der Waals surface area contributed by atoms with Crippen molar-refractivity contribution < 1.29 is 47.8 Å². The third kappa shape index (κ3) is 33.4. The fraction of sp³-hybridized carbons (Fsp3) is 0.868. The van der Waals surface area contributed by atoms with Crippen LogP contribution >= 0.6 is 7.82 Å². The first-order chi connectivity index (χ1) is 24.1. The van der Waals surface area contributed by atoms with E-state index in [0.29, 0.717) is 12.8 Å². The van der Waals surface area contributed by atoms with Gasteiger partial charge in [-0.05, 0) is 38.5 Å². The van der Waals surface area contributed by atoms with E-state index in [1.165, 1.54) is 83.5 Å². The molecule has 0 saturated heterocycles. The molecule has 0 radical (unpaired) electrons. The maximum absolute atomic E-state index is 12.2. The zero-order valence-electron chi connectivity index (χ0n) is 31.5. The summed E-state index contributed by atoms with van der Waals surface area (Å²) >= 11 is 0. The van der Waals surface area contributed by atoms with Gasteiger partial charge >= 0.3 is 19.8 Å². The summed E-state index contributed by atoms with van der Waals surface area (Å²) < 4.78 is 26.7. The molecule has 0 rings (SSSR count). The molecule has 3 atom stereocenters. The first-order valence-corrected chi connectivity index (χ1v) is 21.2. The molecule has 0 aliphatic heterocycles. The van der Waals surface area contributed by atoms with Crippen molar-refractivity contribution in [3.63, 3.8) is 0 Å². The van der Waals surface area contributed by atoms with Gasteiger partial charge in [0, 0.05) is 12.8 Å². The molecule has 0 aromatic carbocycles. The fourth-order valence-electron chi connectivity index (χ4n) is 5.43. The number of aliphatic hydroxyl groups excluding tert-OH is 1. The van der Waals surface area contributed by atoms with Crippen LogP contribution in [0.25, 0.3) is 0 Å². The third-order valence-electron chi connectivity index (χ3n) is 8.55. The van der Waals surface area contributed by atoms with Crippen LogP contribution in [0.3, 0.4) is 0 Å². The molecular weight excluding hydrogens is 661 g/mol. The smallest absolute Gasteiger partial charge is 0.472 e. The number of nitrogens with one attached hydrogen (secondary N) is 1. The lowest BCUT2D eigenvalue weighted by Crippen LogP contribution is -2.43. The van der Waals surface area contributed by atoms with Gasteiger partial charge in [-0.3, -0.25) is 18.6 Å². The Morgan fingerprint density at radius 2 is 1.04 bits per heavy atom. The quantitative estimate of drug-likeness (QED) is 0.0209. The summed E-state index contributed by atoms with van der Waals surface area (Å²) in [5.41, 5.74) is 0. The van der Waals surface area contributed by atoms with Gasteiger partial charge in [-0.25, -0.2) is 9.36 Å². The summed E-state index contributed by atoms with van der Waals surface area (Å²) in [4.78, 5) is 45.7. The first-order valence-electron chi connectivity index (χ1n) is 19.7. The van der Waals surface area contributed by atoms with Gasteiger partial charge in [-0.2, -0.15) is 0 Å². The predicted molar refractivity (Wildman–Crippen MR) is 199 cm³/mol. The lowest BCUT2D eigenvalue weighted by molar-refractivity contribution is -0.147. The van der Waals surface area contributed by atoms with Crippen LogP contribution in [0.1, 0.15) is 181 Å². The van der Waals surface area contributed by atoms with Crippen molar-refractivity contribution in [2.24, 2.45) is 0 Å². The van der Waals surface area contributed by atoms with Gasteiger partial charge in [-0.15, -0.1) is 0 Å². The van der Waals surface area contributed by atoms with Gasteiger partial charge in [0.05, 0.1) is 13.2 Å². The molecule has 0 aromatic rings. The summed E-state index contributed by atoms with van der Waals surface area (Å²) in [5.74, 6) is -2.38. The lowest BCUT2D eigenvalue weighted by Gasteiger charge is -2.18. The number of rotatable bonds is 37. The summed E-state index contributed by atoms with van der Waals surface area (Å²) in [6.07, 6.45) is 31.0. The number of carboxylic acid groups (broad SMARTS) is 1. The number of carbonyl (C=O) groups is 3. The van der Waals surface area contributed by atoms with E-state index in [4.69, 9.17) is 13.8 Å². The Morgan fingerprint density at radius 1 is 0.620 bits per heavy atom. The van der Waals surface area contributed by atoms with Crippen molar-refractivity contribution in [2.75, 3.05) is 19.8 Å². The number of ether oxygens (including phenoxy) is 1. The number of esters is 1. The van der Waals surface area contributed by atoms with E-state index >= 15 is 0 Å². The fourth-order valence-corrected chi connectivity index (χ4v) is 6.20. The summed E-state index contributed by atoms with van der Waals surface area (Å²) in [7, 11) is -4.75. The molecule has 12 heteroatoms. The number of hydrogen-bond acceptors (Lipinski definition) is 8. The van der Waals surface area contributed by atoms with E-state index in [2.05, 4.69) is 31.3 Å². The van der Waals surface area contributed by atoms with Gasteiger partial charge in [0.2, 0.25) is 5.91 Å². The second-order valence-electron chi connectivity index (χ2n) is 13.5. The average molecular weight is 734 g/mol. The monoisotopic (exact) mass is 733 g/mol. The number of hydrogen-bond donors (Lipinski definition) is 4. The van der Waals surface area contributed by atoms with Crippen molar-refractivity contribution in [3.05, 3.63) is 12.2 Å². The van der Waals surface area contributed by atoms with E-state index in [-0.39, 0.29) is 12.8 Å². The number of amides is 1. The number of carboxylic acids is 1. The topological polar surface area (TPSA) is 169 Å². The Labute approximate surface area is 303 Å². The zero-order valence-corrected chi connectivity index (χ0v) is 32.4. The number of allylic oxidation sites excluding steroid dienone is 2. The van der Waals surface area contributed by atoms with Crippen LogP contribution in [0, 0.1) is 0 Å². The molecule has 3 unspecified atom stereocenters. The standard InChI is InChI=1S/C38H72NO10P/c1-3-5-7-9-11-13-15-17-18-19-21-23-25-27-29-36(41)39-35(38(43)44)33-49-50(45,46)48-32-34(40)31-47-37(42)30-28-26-24-22-20-16-14-12-10-8-6-4-2/h15,17,34-35,40H,3-14,16,18-33H2,1-2H3,(H,39,41)(H,43,44)(H,45,46)/b17-15-. The van der Waals surface area contributed by atoms with Crippen LogP contribution in [-0.2, 0) is 32.7 Å². The molecule has 0 aromatic heterocycles. The van der Waals surface area contributed by atoms with Crippen LogP contribution in [0.2, 0.25) is 0 Å². The maximum atomic E-state index is 12.2. The number of unbranched alkanes of at least 4 members (excludes halogenated alkanes) is 21. The molecule has 294 valence electrons. The zero-order chi connectivity index (χ0) is 37.1. The second kappa shape index (κ2) is 34.3. The molecule has 0 bridgehead atoms. The SMILES string of the molecule is CCCCCCC/C=C\CCCCCCCC(=O)NC(COP(=O)(O)OCC(O)COC(=O)CCCCCCCCCCCCCC)C(=O)O. The Balaban J connectivity index is 3.96. The number of phosphoric ester groups is 1. The molecule has 50 heavy (non-hydrogen) atoms. The Hall–Kier alpha value is -1.78. The first kappa shape index (κ1) is 48.2. The normalized spacial score (nSPS) is 14.0. The second-order valence-corrected chi connectivity index (χ2v) is 14.9. The molecule has 4 N–H and O–H groups in total. The summed E-state index contributed by atoms with van der Waals surface area (Å²) in [6, 6.07) is -1.55. The molecule has 0 heterocycles. The largest absolute Gasteiger partial charge is 0.480 e. The highest BCUT2D eigenvalue weighted by molar-refractivity contribution is 7.47. The summed E-state index contributed by atoms with van der Waals surface area (Å²) in [6.45, 7) is 2.56. The van der Waals surface area contributed by atoms with Crippen LogP contribution in [0.4, 0.5) is 0 Å². The van der Waals surface area contributed by atoms with E-state index < -0.39 is 57.6 Å². The van der Waals surface area contributed by atoms with E-state index in [0.717, 1.165) is 57.8 Å². The average Bonchev–Trinajstić information content (AvgIpc) is 3.08. The number of phosphoric acid groups is 1. The van der Waals surface area contributed by atoms with E-state index in [9.17, 15) is 34.1 Å². The minimum absolute atomic E-state index is 0.138. The molecule has 0 fully saturated rings. The molecule has 0 saturated carbocycles. The Morgan fingerprint density at radius 3 is 1.52 bits per heavy atom. The van der Waals surface area contributed by atoms with Gasteiger partial charge in [0.1, 0.15) is 12.7 Å². The van der Waals surface area contributed by atoms with Crippen LogP contribution in [0.15, 0.2) is 12.2 Å². The van der Waals surface area contributed by atoms with E-state index in [1.807, 2.05) is 0 Å². The summed E-state index contributed by atoms with van der Waals surface area (Å²) in [5, 5.41) is 21.7. The molecule has 0 aliphatic carbocycles. The highest BCUT2D eigenvalue weighted by atomic mass is 31.2. The minimum Gasteiger partial charge on any atom is -0.480 e. The molecule has 0 aliphatic rings. The number of aliphatic hydroxyl groups is 1. The highest BCUT2D eigenvalue weighted by Gasteiger charge is 2.28. The number of aliphatic carboxylic acids is 1. The Bertz CT molecular complexity index is 916. The van der Waals surface area contributed by atoms with Gasteiger partial charge < -0.3 is 25.2 Å². The van der Waals surface area contributed by atoms with Crippen molar-refractivity contribution in [1.82, 2.24) is 5.32 Å². The maximum Gasteiger partial charge on any atom is 0.472 e. The molecular formula is C38H72NO10P.